The van der Waals surface area contributed by atoms with Gasteiger partial charge in [0.05, 0.1) is 0 Å². The molecule has 0 aliphatic carbocycles. The van der Waals surface area contributed by atoms with Crippen molar-refractivity contribution >= 4 is 17.9 Å². The molecule has 6 heteroatoms. The molecule has 0 radical (unpaired) electrons. The quantitative estimate of drug-likeness (QED) is 0.0261. The molecular formula is C77H118O6. The Kier molecular flexibility index (Phi) is 64.0. The van der Waals surface area contributed by atoms with E-state index in [1.807, 2.05) is 0 Å². The van der Waals surface area contributed by atoms with Gasteiger partial charge in [-0.3, -0.25) is 14.4 Å². The molecule has 0 aromatic rings. The maximum atomic E-state index is 12.9. The first-order valence-corrected chi connectivity index (χ1v) is 32.9. The molecule has 1 unspecified atom stereocenters. The number of hydrogen-bond acceptors (Lipinski definition) is 6. The Morgan fingerprint density at radius 2 is 0.470 bits per heavy atom. The molecule has 0 aromatic carbocycles. The fraction of sp³-hybridized carbons (Fsp3) is 0.545. The minimum absolute atomic E-state index is 0.116. The first-order valence-electron chi connectivity index (χ1n) is 32.9. The Labute approximate surface area is 509 Å². The third kappa shape index (κ3) is 66.9. The number of allylic oxidation sites excluding steroid dienone is 32. The number of carbonyl (C=O) groups excluding carboxylic acids is 3. The summed E-state index contributed by atoms with van der Waals surface area (Å²) in [5.74, 6) is -0.998. The molecule has 0 bridgehead atoms. The van der Waals surface area contributed by atoms with Crippen LogP contribution < -0.4 is 0 Å². The van der Waals surface area contributed by atoms with Crippen LogP contribution in [0.25, 0.3) is 0 Å². The van der Waals surface area contributed by atoms with Gasteiger partial charge in [-0.25, -0.2) is 0 Å². The molecule has 83 heavy (non-hydrogen) atoms. The normalized spacial score (nSPS) is 13.4. The topological polar surface area (TPSA) is 78.9 Å². The van der Waals surface area contributed by atoms with Crippen LogP contribution in [0, 0.1) is 0 Å². The van der Waals surface area contributed by atoms with Crippen molar-refractivity contribution in [3.63, 3.8) is 0 Å². The van der Waals surface area contributed by atoms with Crippen molar-refractivity contribution in [3.8, 4) is 0 Å². The van der Waals surface area contributed by atoms with Gasteiger partial charge in [-0.15, -0.1) is 0 Å². The van der Waals surface area contributed by atoms with Crippen LogP contribution in [0.4, 0.5) is 0 Å². The molecule has 0 amide bonds. The summed E-state index contributed by atoms with van der Waals surface area (Å²) in [5.41, 5.74) is 0. The Hall–Kier alpha value is -5.75. The predicted octanol–water partition coefficient (Wildman–Crippen LogP) is 23.0. The van der Waals surface area contributed by atoms with E-state index in [-0.39, 0.29) is 37.5 Å². The molecule has 0 aromatic heterocycles. The fourth-order valence-corrected chi connectivity index (χ4v) is 8.18. The number of esters is 3. The summed E-state index contributed by atoms with van der Waals surface area (Å²) in [6, 6.07) is 0. The van der Waals surface area contributed by atoms with Crippen LogP contribution in [0.15, 0.2) is 194 Å². The summed E-state index contributed by atoms with van der Waals surface area (Å²) >= 11 is 0. The summed E-state index contributed by atoms with van der Waals surface area (Å²) in [5, 5.41) is 0. The number of hydrogen-bond donors (Lipinski definition) is 0. The number of carbonyl (C=O) groups is 3. The van der Waals surface area contributed by atoms with E-state index in [0.717, 1.165) is 180 Å². The second-order valence-corrected chi connectivity index (χ2v) is 20.9. The molecule has 0 aliphatic heterocycles. The highest BCUT2D eigenvalue weighted by Crippen LogP contribution is 2.13. The predicted molar refractivity (Wildman–Crippen MR) is 361 cm³/mol. The summed E-state index contributed by atoms with van der Waals surface area (Å²) in [6.07, 6.45) is 104. The van der Waals surface area contributed by atoms with Crippen molar-refractivity contribution < 1.29 is 28.6 Å². The molecule has 0 fully saturated rings. The lowest BCUT2D eigenvalue weighted by molar-refractivity contribution is -0.167. The van der Waals surface area contributed by atoms with Gasteiger partial charge in [-0.1, -0.05) is 267 Å². The Morgan fingerprint density at radius 3 is 0.771 bits per heavy atom. The van der Waals surface area contributed by atoms with Crippen molar-refractivity contribution in [3.05, 3.63) is 194 Å². The van der Waals surface area contributed by atoms with E-state index in [9.17, 15) is 14.4 Å². The van der Waals surface area contributed by atoms with Gasteiger partial charge in [0.1, 0.15) is 13.2 Å². The van der Waals surface area contributed by atoms with Gasteiger partial charge in [-0.05, 0) is 161 Å². The summed E-state index contributed by atoms with van der Waals surface area (Å²) < 4.78 is 16.8. The van der Waals surface area contributed by atoms with E-state index >= 15 is 0 Å². The molecule has 0 saturated carbocycles. The number of unbranched alkanes of at least 4 members (excludes halogenated alkanes) is 14. The van der Waals surface area contributed by atoms with Crippen LogP contribution in [0.2, 0.25) is 0 Å². The molecule has 462 valence electrons. The van der Waals surface area contributed by atoms with Gasteiger partial charge in [0.25, 0.3) is 0 Å². The lowest BCUT2D eigenvalue weighted by Gasteiger charge is -2.18. The molecule has 1 atom stereocenters. The molecule has 0 saturated heterocycles. The zero-order chi connectivity index (χ0) is 59.9. The average Bonchev–Trinajstić information content (AvgIpc) is 3.48. The van der Waals surface area contributed by atoms with E-state index in [4.69, 9.17) is 14.2 Å². The maximum absolute atomic E-state index is 12.9. The third-order valence-corrected chi connectivity index (χ3v) is 13.1. The van der Waals surface area contributed by atoms with E-state index in [1.165, 1.54) is 25.7 Å². The van der Waals surface area contributed by atoms with E-state index in [1.54, 1.807) is 0 Å². The molecule has 0 aliphatic rings. The molecule has 0 rings (SSSR count). The van der Waals surface area contributed by atoms with Gasteiger partial charge >= 0.3 is 17.9 Å². The van der Waals surface area contributed by atoms with E-state index < -0.39 is 6.10 Å². The lowest BCUT2D eigenvalue weighted by atomic mass is 10.1. The van der Waals surface area contributed by atoms with Crippen LogP contribution in [0.3, 0.4) is 0 Å². The first-order chi connectivity index (χ1) is 41.0. The number of rotatable bonds is 57. The second-order valence-electron chi connectivity index (χ2n) is 20.9. The fourth-order valence-electron chi connectivity index (χ4n) is 8.18. The highest BCUT2D eigenvalue weighted by molar-refractivity contribution is 5.71. The summed E-state index contributed by atoms with van der Waals surface area (Å²) in [6.45, 7) is 6.30. The van der Waals surface area contributed by atoms with Crippen LogP contribution in [-0.2, 0) is 28.6 Å². The monoisotopic (exact) mass is 1140 g/mol. The minimum atomic E-state index is -0.825. The van der Waals surface area contributed by atoms with Crippen LogP contribution in [-0.4, -0.2) is 37.2 Å². The SMILES string of the molecule is CC/C=C\C/C=C\C/C=C\C/C=C\C/C=C\C/C=C\C/C=C\C/C=C\C/C=C\CCCCCCCC(=O)OCC(COC(=O)CCCCCCC/C=C\CCCC)OC(=O)CCCC/C=C\C/C=C\C/C=C\C/C=C\C/C=C\C/C=C\CC. The summed E-state index contributed by atoms with van der Waals surface area (Å²) in [4.78, 5) is 38.3. The minimum Gasteiger partial charge on any atom is -0.462 e. The van der Waals surface area contributed by atoms with Gasteiger partial charge < -0.3 is 14.2 Å². The van der Waals surface area contributed by atoms with Gasteiger partial charge in [0, 0.05) is 19.3 Å². The molecule has 0 heterocycles. The molecular weight excluding hydrogens is 1020 g/mol. The molecule has 6 nitrogen and oxygen atoms in total. The van der Waals surface area contributed by atoms with E-state index in [0.29, 0.717) is 19.3 Å². The summed E-state index contributed by atoms with van der Waals surface area (Å²) in [7, 11) is 0. The number of ether oxygens (including phenoxy) is 3. The Bertz CT molecular complexity index is 1990. The smallest absolute Gasteiger partial charge is 0.306 e. The molecule has 0 spiro atoms. The highest BCUT2D eigenvalue weighted by Gasteiger charge is 2.19. The van der Waals surface area contributed by atoms with Crippen molar-refractivity contribution in [2.45, 2.75) is 258 Å². The Morgan fingerprint density at radius 1 is 0.253 bits per heavy atom. The average molecular weight is 1140 g/mol. The molecule has 0 N–H and O–H groups in total. The van der Waals surface area contributed by atoms with Crippen LogP contribution >= 0.6 is 0 Å². The van der Waals surface area contributed by atoms with Crippen LogP contribution in [0.5, 0.6) is 0 Å². The second kappa shape index (κ2) is 68.7. The Balaban J connectivity index is 4.41. The largest absolute Gasteiger partial charge is 0.462 e. The van der Waals surface area contributed by atoms with Crippen molar-refractivity contribution in [2.24, 2.45) is 0 Å². The zero-order valence-corrected chi connectivity index (χ0v) is 52.9. The maximum Gasteiger partial charge on any atom is 0.306 e. The van der Waals surface area contributed by atoms with Crippen LogP contribution in [0.1, 0.15) is 252 Å². The van der Waals surface area contributed by atoms with Gasteiger partial charge in [0.15, 0.2) is 6.10 Å². The van der Waals surface area contributed by atoms with Crippen molar-refractivity contribution in [1.82, 2.24) is 0 Å². The lowest BCUT2D eigenvalue weighted by Crippen LogP contribution is -2.30. The van der Waals surface area contributed by atoms with E-state index in [2.05, 4.69) is 215 Å². The van der Waals surface area contributed by atoms with Gasteiger partial charge in [-0.2, -0.15) is 0 Å². The zero-order valence-electron chi connectivity index (χ0n) is 52.9. The van der Waals surface area contributed by atoms with Crippen molar-refractivity contribution in [1.29, 1.82) is 0 Å². The van der Waals surface area contributed by atoms with Crippen molar-refractivity contribution in [2.75, 3.05) is 13.2 Å². The van der Waals surface area contributed by atoms with Gasteiger partial charge in [0.2, 0.25) is 0 Å². The third-order valence-electron chi connectivity index (χ3n) is 13.1. The standard InChI is InChI=1S/C77H118O6/c1-4-7-10-13-16-19-22-24-26-28-30-32-33-34-35-36-37-38-39-40-41-42-43-45-46-48-50-52-55-58-61-64-67-70-76(79)82-73-74(72-81-75(78)69-66-63-60-57-54-21-18-15-12-9-6-3)83-77(80)71-68-65-62-59-56-53-51-49-47-44-31-29-27-25-23-20-17-14-11-8-5-2/h7-8,10-11,15-20,24-27,30-32,34-35,37-38,40-41,43-45,48-51,56,59,74H,4-6,9,12-14,21-23,28-29,33,36,39,42,46-47,52-55,57-58,60-73H2,1-3H3/b10-7-,11-8-,18-15-,19-16-,20-17-,26-24-,27-25-,32-30-,35-34-,38-37-,41-40-,44-31-,45-43-,50-48-,51-49-,59-56-. The first kappa shape index (κ1) is 77.2. The highest BCUT2D eigenvalue weighted by atomic mass is 16.6.